The minimum absolute atomic E-state index is 0.111. The maximum absolute atomic E-state index is 14.7. The van der Waals surface area contributed by atoms with Crippen molar-refractivity contribution in [1.82, 2.24) is 15.1 Å². The fourth-order valence-electron chi connectivity index (χ4n) is 6.56. The van der Waals surface area contributed by atoms with Gasteiger partial charge in [-0.3, -0.25) is 0 Å². The van der Waals surface area contributed by atoms with Crippen molar-refractivity contribution in [2.24, 2.45) is 5.41 Å². The van der Waals surface area contributed by atoms with Gasteiger partial charge in [0.05, 0.1) is 29.7 Å². The molecule has 0 unspecified atom stereocenters. The van der Waals surface area contributed by atoms with Crippen LogP contribution in [0.5, 0.6) is 5.75 Å². The molecule has 6 nitrogen and oxygen atoms in total. The number of hydrogen-bond donors (Lipinski definition) is 1. The van der Waals surface area contributed by atoms with Crippen LogP contribution in [-0.4, -0.2) is 48.4 Å². The Bertz CT molecular complexity index is 1590. The van der Waals surface area contributed by atoms with E-state index in [1.54, 1.807) is 0 Å². The van der Waals surface area contributed by atoms with Crippen molar-refractivity contribution in [2.45, 2.75) is 45.2 Å². The topological polar surface area (TPSA) is 53.5 Å². The molecule has 1 aromatic heterocycles. The van der Waals surface area contributed by atoms with E-state index in [4.69, 9.17) is 4.74 Å². The molecule has 4 aromatic rings. The molecule has 0 radical (unpaired) electrons. The van der Waals surface area contributed by atoms with Crippen LogP contribution < -0.4 is 15.0 Å². The molecular formula is C33H36F3N5OS. The standard InChI is InChI=1S/C33H36F3N5OS/c1-31(2,3)20-40-18-16-32(17-19-40)21-41(28-26(42-4)15-14-23(27(28)32)33(34,35)36)25-13-9-8-12-24(25)37-30-39-38-29(43-30)22-10-6-5-7-11-22/h5-15H,16-21H2,1-4H3,(H,37,39). The van der Waals surface area contributed by atoms with Gasteiger partial charge in [0, 0.05) is 24.1 Å². The van der Waals surface area contributed by atoms with Gasteiger partial charge >= 0.3 is 6.18 Å². The van der Waals surface area contributed by atoms with Crippen LogP contribution in [0.1, 0.15) is 44.7 Å². The third-order valence-corrected chi connectivity index (χ3v) is 9.21. The zero-order valence-corrected chi connectivity index (χ0v) is 25.6. The number of hydrogen-bond acceptors (Lipinski definition) is 7. The summed E-state index contributed by atoms with van der Waals surface area (Å²) in [7, 11) is 1.52. The number of methoxy groups -OCH3 is 1. The fraction of sp³-hybridized carbons (Fsp3) is 0.394. The van der Waals surface area contributed by atoms with E-state index in [-0.39, 0.29) is 5.41 Å². The molecule has 1 N–H and O–H groups in total. The summed E-state index contributed by atoms with van der Waals surface area (Å²) in [5.74, 6) is 0.439. The lowest BCUT2D eigenvalue weighted by Gasteiger charge is -2.42. The van der Waals surface area contributed by atoms with Gasteiger partial charge in [-0.25, -0.2) is 0 Å². The zero-order chi connectivity index (χ0) is 30.4. The molecular weight excluding hydrogens is 571 g/mol. The lowest BCUT2D eigenvalue weighted by Crippen LogP contribution is -2.47. The number of alkyl halides is 3. The molecule has 3 heterocycles. The maximum atomic E-state index is 14.7. The highest BCUT2D eigenvalue weighted by Crippen LogP contribution is 2.58. The van der Waals surface area contributed by atoms with Gasteiger partial charge in [0.25, 0.3) is 0 Å². The number of nitrogens with zero attached hydrogens (tertiary/aromatic N) is 4. The third kappa shape index (κ3) is 5.82. The Kier molecular flexibility index (Phi) is 7.62. The van der Waals surface area contributed by atoms with E-state index in [0.29, 0.717) is 41.5 Å². The first-order chi connectivity index (χ1) is 20.5. The van der Waals surface area contributed by atoms with E-state index in [0.717, 1.165) is 41.6 Å². The van der Waals surface area contributed by atoms with E-state index in [1.807, 2.05) is 59.5 Å². The highest BCUT2D eigenvalue weighted by molar-refractivity contribution is 7.18. The van der Waals surface area contributed by atoms with Gasteiger partial charge in [-0.05, 0) is 61.2 Å². The van der Waals surface area contributed by atoms with E-state index in [1.165, 1.54) is 30.6 Å². The molecule has 2 aliphatic heterocycles. The highest BCUT2D eigenvalue weighted by atomic mass is 32.1. The Labute approximate surface area is 254 Å². The summed E-state index contributed by atoms with van der Waals surface area (Å²) in [6.45, 7) is 9.41. The number of nitrogens with one attached hydrogen (secondary N) is 1. The molecule has 0 bridgehead atoms. The van der Waals surface area contributed by atoms with Gasteiger partial charge in [0.1, 0.15) is 10.8 Å². The molecule has 3 aromatic carbocycles. The summed E-state index contributed by atoms with van der Waals surface area (Å²) in [6.07, 6.45) is -3.22. The van der Waals surface area contributed by atoms with Crippen LogP contribution in [0.15, 0.2) is 66.7 Å². The first-order valence-electron chi connectivity index (χ1n) is 14.5. The second kappa shape index (κ2) is 11.1. The number of aromatic nitrogens is 2. The minimum atomic E-state index is -4.49. The van der Waals surface area contributed by atoms with Gasteiger partial charge in [-0.1, -0.05) is 74.6 Å². The Morgan fingerprint density at radius 3 is 2.30 bits per heavy atom. The second-order valence-electron chi connectivity index (χ2n) is 12.7. The minimum Gasteiger partial charge on any atom is -0.495 e. The molecule has 43 heavy (non-hydrogen) atoms. The number of piperidine rings is 1. The molecule has 2 aliphatic rings. The lowest BCUT2D eigenvalue weighted by molar-refractivity contribution is -0.138. The summed E-state index contributed by atoms with van der Waals surface area (Å²) in [5.41, 5.74) is 2.21. The molecule has 1 spiro atoms. The van der Waals surface area contributed by atoms with Gasteiger partial charge in [0.15, 0.2) is 0 Å². The smallest absolute Gasteiger partial charge is 0.416 e. The molecule has 1 fully saturated rings. The van der Waals surface area contributed by atoms with Gasteiger partial charge in [-0.15, -0.1) is 10.2 Å². The molecule has 10 heteroatoms. The first-order valence-corrected chi connectivity index (χ1v) is 15.3. The Balaban J connectivity index is 1.41. The van der Waals surface area contributed by atoms with E-state index in [2.05, 4.69) is 41.2 Å². The van der Waals surface area contributed by atoms with Crippen molar-refractivity contribution >= 4 is 33.5 Å². The first kappa shape index (κ1) is 29.4. The van der Waals surface area contributed by atoms with Crippen LogP contribution in [-0.2, 0) is 11.6 Å². The molecule has 0 saturated carbocycles. The van der Waals surface area contributed by atoms with Crippen LogP contribution in [0.4, 0.5) is 35.4 Å². The average Bonchev–Trinajstić information content (AvgIpc) is 3.57. The quantitative estimate of drug-likeness (QED) is 0.237. The Morgan fingerprint density at radius 2 is 1.63 bits per heavy atom. The number of para-hydroxylation sites is 2. The van der Waals surface area contributed by atoms with Gasteiger partial charge in [0.2, 0.25) is 5.13 Å². The molecule has 1 saturated heterocycles. The van der Waals surface area contributed by atoms with Crippen molar-refractivity contribution in [3.63, 3.8) is 0 Å². The van der Waals surface area contributed by atoms with E-state index < -0.39 is 17.2 Å². The Morgan fingerprint density at radius 1 is 0.930 bits per heavy atom. The van der Waals surface area contributed by atoms with Crippen molar-refractivity contribution in [3.05, 3.63) is 77.9 Å². The zero-order valence-electron chi connectivity index (χ0n) is 24.8. The van der Waals surface area contributed by atoms with Gasteiger partial charge in [-0.2, -0.15) is 13.2 Å². The SMILES string of the molecule is COc1ccc(C(F)(F)F)c2c1N(c1ccccc1Nc1nnc(-c3ccccc3)s1)CC21CCN(CC(C)(C)C)CC1. The molecule has 226 valence electrons. The van der Waals surface area contributed by atoms with Crippen LogP contribution in [0.3, 0.4) is 0 Å². The Hall–Kier alpha value is -3.63. The van der Waals surface area contributed by atoms with Crippen molar-refractivity contribution in [3.8, 4) is 16.3 Å². The molecule has 0 aliphatic carbocycles. The molecule has 0 atom stereocenters. The number of benzene rings is 3. The van der Waals surface area contributed by atoms with Crippen LogP contribution >= 0.6 is 11.3 Å². The fourth-order valence-corrected chi connectivity index (χ4v) is 7.32. The number of rotatable bonds is 6. The summed E-state index contributed by atoms with van der Waals surface area (Å²) < 4.78 is 49.7. The van der Waals surface area contributed by atoms with Crippen LogP contribution in [0.25, 0.3) is 10.6 Å². The normalized spacial score (nSPS) is 16.9. The van der Waals surface area contributed by atoms with E-state index in [9.17, 15) is 13.2 Å². The van der Waals surface area contributed by atoms with Crippen LogP contribution in [0, 0.1) is 5.41 Å². The van der Waals surface area contributed by atoms with Crippen molar-refractivity contribution in [2.75, 3.05) is 43.5 Å². The number of ether oxygens (including phenoxy) is 1. The van der Waals surface area contributed by atoms with E-state index >= 15 is 0 Å². The average molecular weight is 608 g/mol. The van der Waals surface area contributed by atoms with Crippen molar-refractivity contribution in [1.29, 1.82) is 0 Å². The predicted molar refractivity (Wildman–Crippen MR) is 167 cm³/mol. The largest absolute Gasteiger partial charge is 0.495 e. The second-order valence-corrected chi connectivity index (χ2v) is 13.6. The summed E-state index contributed by atoms with van der Waals surface area (Å²) in [6, 6.07) is 20.2. The third-order valence-electron chi connectivity index (χ3n) is 8.32. The summed E-state index contributed by atoms with van der Waals surface area (Å²) in [4.78, 5) is 4.40. The number of fused-ring (bicyclic) bond motifs is 2. The summed E-state index contributed by atoms with van der Waals surface area (Å²) in [5, 5.41) is 13.5. The van der Waals surface area contributed by atoms with Gasteiger partial charge < -0.3 is 19.9 Å². The molecule has 6 rings (SSSR count). The monoisotopic (exact) mass is 607 g/mol. The maximum Gasteiger partial charge on any atom is 0.416 e. The lowest BCUT2D eigenvalue weighted by atomic mass is 9.72. The number of anilines is 4. The number of halogens is 3. The van der Waals surface area contributed by atoms with Crippen molar-refractivity contribution < 1.29 is 17.9 Å². The summed E-state index contributed by atoms with van der Waals surface area (Å²) >= 11 is 1.43. The number of likely N-dealkylation sites (tertiary alicyclic amines) is 1. The van der Waals surface area contributed by atoms with Crippen LogP contribution in [0.2, 0.25) is 0 Å². The molecule has 0 amide bonds. The highest BCUT2D eigenvalue weighted by Gasteiger charge is 2.52. The predicted octanol–water partition coefficient (Wildman–Crippen LogP) is 8.51.